The van der Waals surface area contributed by atoms with Crippen molar-refractivity contribution in [1.29, 1.82) is 0 Å². The van der Waals surface area contributed by atoms with Crippen molar-refractivity contribution in [3.8, 4) is 22.8 Å². The first kappa shape index (κ1) is 13.3. The number of pyridine rings is 1. The highest BCUT2D eigenvalue weighted by atomic mass is 32.2. The lowest BCUT2D eigenvalue weighted by Crippen LogP contribution is -2.32. The van der Waals surface area contributed by atoms with Crippen LogP contribution in [0.5, 0.6) is 11.5 Å². The Morgan fingerprint density at radius 1 is 1.33 bits per heavy atom. The van der Waals surface area contributed by atoms with Gasteiger partial charge in [0.15, 0.2) is 6.20 Å². The van der Waals surface area contributed by atoms with Gasteiger partial charge in [-0.25, -0.2) is 0 Å². The van der Waals surface area contributed by atoms with Gasteiger partial charge in [-0.05, 0) is 19.3 Å². The van der Waals surface area contributed by atoms with E-state index >= 15 is 0 Å². The fourth-order valence-corrected chi connectivity index (χ4v) is 5.43. The highest BCUT2D eigenvalue weighted by Crippen LogP contribution is 2.53. The molecule has 0 fully saturated rings. The predicted molar refractivity (Wildman–Crippen MR) is 89.7 cm³/mol. The summed E-state index contributed by atoms with van der Waals surface area (Å²) >= 11 is 3.68. The lowest BCUT2D eigenvalue weighted by atomic mass is 9.97. The number of fused-ring (bicyclic) bond motifs is 2. The lowest BCUT2D eigenvalue weighted by molar-refractivity contribution is -0.660. The van der Waals surface area contributed by atoms with Gasteiger partial charge in [-0.1, -0.05) is 13.8 Å². The Bertz CT molecular complexity index is 857. The summed E-state index contributed by atoms with van der Waals surface area (Å²) in [5, 5.41) is 3.46. The molecule has 1 aliphatic heterocycles. The number of hydrogen-bond donors (Lipinski definition) is 0. The molecular formula is C17H18NOS2+. The lowest BCUT2D eigenvalue weighted by Gasteiger charge is -2.18. The molecule has 3 aromatic heterocycles. The summed E-state index contributed by atoms with van der Waals surface area (Å²) in [7, 11) is 2.11. The van der Waals surface area contributed by atoms with Gasteiger partial charge in [0.2, 0.25) is 5.75 Å². The Labute approximate surface area is 132 Å². The molecule has 21 heavy (non-hydrogen) atoms. The molecule has 0 atom stereocenters. The molecule has 0 radical (unpaired) electrons. The molecule has 4 heteroatoms. The summed E-state index contributed by atoms with van der Waals surface area (Å²) < 4.78 is 9.89. The van der Waals surface area contributed by atoms with Crippen LogP contribution in [0.25, 0.3) is 20.7 Å². The van der Waals surface area contributed by atoms with E-state index in [1.54, 1.807) is 11.3 Å². The normalized spacial score (nSPS) is 12.8. The molecule has 2 nitrogen and oxygen atoms in total. The first-order valence-corrected chi connectivity index (χ1v) is 8.96. The fraction of sp³-hybridized carbons (Fsp3) is 0.353. The van der Waals surface area contributed by atoms with Crippen molar-refractivity contribution in [2.75, 3.05) is 0 Å². The van der Waals surface area contributed by atoms with E-state index in [0.29, 0.717) is 5.92 Å². The minimum atomic E-state index is 0.623. The highest BCUT2D eigenvalue weighted by Gasteiger charge is 2.33. The van der Waals surface area contributed by atoms with Crippen LogP contribution < -0.4 is 9.30 Å². The fourth-order valence-electron chi connectivity index (χ4n) is 3.13. The van der Waals surface area contributed by atoms with Gasteiger partial charge >= 0.3 is 0 Å². The molecule has 0 spiro atoms. The SMILES string of the molecule is Cc1sc2scc3c2c1-c1c(c(CC(C)C)cc[n+]1C)O3. The molecule has 0 amide bonds. The van der Waals surface area contributed by atoms with Crippen molar-refractivity contribution in [1.82, 2.24) is 0 Å². The average molecular weight is 316 g/mol. The summed E-state index contributed by atoms with van der Waals surface area (Å²) in [5.41, 5.74) is 3.93. The van der Waals surface area contributed by atoms with Crippen LogP contribution in [0.2, 0.25) is 0 Å². The zero-order valence-corrected chi connectivity index (χ0v) is 14.3. The van der Waals surface area contributed by atoms with E-state index in [9.17, 15) is 0 Å². The monoisotopic (exact) mass is 316 g/mol. The molecular weight excluding hydrogens is 298 g/mol. The van der Waals surface area contributed by atoms with Crippen molar-refractivity contribution < 1.29 is 9.30 Å². The van der Waals surface area contributed by atoms with Gasteiger partial charge in [-0.3, -0.25) is 0 Å². The Kier molecular flexibility index (Phi) is 2.88. The minimum Gasteiger partial charge on any atom is -0.448 e. The third-order valence-corrected chi connectivity index (χ3v) is 6.20. The zero-order valence-electron chi connectivity index (χ0n) is 12.7. The van der Waals surface area contributed by atoms with E-state index in [1.165, 1.54) is 31.1 Å². The van der Waals surface area contributed by atoms with Gasteiger partial charge in [0.05, 0.1) is 15.0 Å². The second-order valence-corrected chi connectivity index (χ2v) is 8.49. The second kappa shape index (κ2) is 4.55. The maximum atomic E-state index is 6.31. The molecule has 0 N–H and O–H groups in total. The van der Waals surface area contributed by atoms with Gasteiger partial charge in [0.25, 0.3) is 5.69 Å². The van der Waals surface area contributed by atoms with Gasteiger partial charge in [0, 0.05) is 21.9 Å². The van der Waals surface area contributed by atoms with E-state index in [-0.39, 0.29) is 0 Å². The van der Waals surface area contributed by atoms with Crippen LogP contribution in [-0.2, 0) is 13.5 Å². The van der Waals surface area contributed by atoms with Crippen LogP contribution in [0, 0.1) is 12.8 Å². The Balaban J connectivity index is 2.05. The van der Waals surface area contributed by atoms with Gasteiger partial charge < -0.3 is 4.74 Å². The molecule has 0 unspecified atom stereocenters. The molecule has 0 saturated heterocycles. The summed E-state index contributed by atoms with van der Waals surface area (Å²) in [4.78, 5) is 1.39. The molecule has 0 aliphatic carbocycles. The summed E-state index contributed by atoms with van der Waals surface area (Å²) in [5.74, 6) is 2.72. The molecule has 1 aliphatic rings. The first-order valence-electron chi connectivity index (χ1n) is 7.26. The molecule has 4 heterocycles. The number of aromatic nitrogens is 1. The minimum absolute atomic E-state index is 0.623. The molecule has 0 saturated carbocycles. The zero-order chi connectivity index (χ0) is 14.7. The summed E-state index contributed by atoms with van der Waals surface area (Å²) in [6, 6.07) is 2.20. The smallest absolute Gasteiger partial charge is 0.257 e. The van der Waals surface area contributed by atoms with Gasteiger partial charge in [-0.15, -0.1) is 22.7 Å². The molecule has 4 rings (SSSR count). The average Bonchev–Trinajstić information content (AvgIpc) is 2.97. The van der Waals surface area contributed by atoms with Crippen LogP contribution in [-0.4, -0.2) is 0 Å². The van der Waals surface area contributed by atoms with Crippen molar-refractivity contribution in [2.45, 2.75) is 27.2 Å². The van der Waals surface area contributed by atoms with Crippen LogP contribution in [0.4, 0.5) is 0 Å². The predicted octanol–water partition coefficient (Wildman–Crippen LogP) is 5.07. The third-order valence-electron chi connectivity index (χ3n) is 4.01. The van der Waals surface area contributed by atoms with Crippen molar-refractivity contribution in [2.24, 2.45) is 13.0 Å². The molecule has 3 aromatic rings. The van der Waals surface area contributed by atoms with Crippen molar-refractivity contribution in [3.05, 3.63) is 28.1 Å². The topological polar surface area (TPSA) is 13.1 Å². The molecule has 108 valence electrons. The van der Waals surface area contributed by atoms with Gasteiger partial charge in [-0.2, -0.15) is 4.57 Å². The summed E-state index contributed by atoms with van der Waals surface area (Å²) in [6.07, 6.45) is 3.22. The molecule has 0 bridgehead atoms. The van der Waals surface area contributed by atoms with Gasteiger partial charge in [0.1, 0.15) is 12.8 Å². The summed E-state index contributed by atoms with van der Waals surface area (Å²) in [6.45, 7) is 6.74. The Hall–Kier alpha value is -1.39. The number of rotatable bonds is 2. The van der Waals surface area contributed by atoms with Crippen LogP contribution in [0.3, 0.4) is 0 Å². The highest BCUT2D eigenvalue weighted by molar-refractivity contribution is 7.38. The number of ether oxygens (including phenoxy) is 1. The van der Waals surface area contributed by atoms with E-state index in [1.807, 2.05) is 11.3 Å². The number of aryl methyl sites for hydroxylation is 2. The second-order valence-electron chi connectivity index (χ2n) is 6.13. The first-order chi connectivity index (χ1) is 10.1. The Morgan fingerprint density at radius 2 is 2.14 bits per heavy atom. The standard InChI is InChI=1S/C17H18NOS2/c1-9(2)7-11-5-6-18(4)15-13-10(3)21-17-14(13)12(8-20-17)19-16(11)15/h5-6,8-9H,7H2,1-4H3/q+1. The van der Waals surface area contributed by atoms with Crippen LogP contribution in [0.15, 0.2) is 17.6 Å². The quantitative estimate of drug-likeness (QED) is 0.471. The number of nitrogens with zero attached hydrogens (tertiary/aromatic N) is 1. The van der Waals surface area contributed by atoms with E-state index in [0.717, 1.165) is 17.9 Å². The maximum Gasteiger partial charge on any atom is 0.257 e. The van der Waals surface area contributed by atoms with Crippen molar-refractivity contribution >= 4 is 32.1 Å². The third kappa shape index (κ3) is 1.86. The van der Waals surface area contributed by atoms with E-state index in [4.69, 9.17) is 4.74 Å². The van der Waals surface area contributed by atoms with Crippen LogP contribution >= 0.6 is 22.7 Å². The Morgan fingerprint density at radius 3 is 2.90 bits per heavy atom. The number of hydrogen-bond acceptors (Lipinski definition) is 3. The molecule has 0 aromatic carbocycles. The van der Waals surface area contributed by atoms with E-state index in [2.05, 4.69) is 50.0 Å². The number of thiophene rings is 2. The van der Waals surface area contributed by atoms with Crippen LogP contribution in [0.1, 0.15) is 24.3 Å². The maximum absolute atomic E-state index is 6.31. The largest absolute Gasteiger partial charge is 0.448 e. The van der Waals surface area contributed by atoms with E-state index < -0.39 is 0 Å². The van der Waals surface area contributed by atoms with Crippen molar-refractivity contribution in [3.63, 3.8) is 0 Å².